The Morgan fingerprint density at radius 3 is 2.60 bits per heavy atom. The van der Waals surface area contributed by atoms with E-state index in [2.05, 4.69) is 24.8 Å². The number of pyridine rings is 1. The van der Waals surface area contributed by atoms with Crippen LogP contribution in [-0.2, 0) is 0 Å². The number of rotatable bonds is 4. The number of anilines is 2. The Morgan fingerprint density at radius 2 is 1.92 bits per heavy atom. The Balaban J connectivity index is 1.54. The van der Waals surface area contributed by atoms with E-state index >= 15 is 0 Å². The van der Waals surface area contributed by atoms with E-state index in [-0.39, 0.29) is 5.75 Å². The normalized spacial score (nSPS) is 14.5. The monoisotopic (exact) mass is 365 g/mol. The highest BCUT2D eigenvalue weighted by atomic mass is 32.1. The number of aromatic nitrogens is 1. The Morgan fingerprint density at radius 1 is 1.12 bits per heavy atom. The van der Waals surface area contributed by atoms with Crippen molar-refractivity contribution < 1.29 is 18.5 Å². The fourth-order valence-corrected chi connectivity index (χ4v) is 2.98. The standard InChI is InChI=1S/C17H18F2N4OS/c18-16(19)24-14-5-3-4-13(12-14)21-17(25)23-10-8-22(9-11-23)15-6-1-2-7-20-15/h1-7,12,16H,8-11H2,(H,21,25)/p+1. The van der Waals surface area contributed by atoms with Crippen molar-refractivity contribution in [3.8, 4) is 5.75 Å². The van der Waals surface area contributed by atoms with Gasteiger partial charge < -0.3 is 15.0 Å². The number of piperazine rings is 1. The average molecular weight is 365 g/mol. The minimum Gasteiger partial charge on any atom is -0.435 e. The number of hydrogen-bond donors (Lipinski definition) is 1. The number of nitrogens with one attached hydrogen (secondary N) is 2. The first-order chi connectivity index (χ1) is 12.1. The lowest BCUT2D eigenvalue weighted by Gasteiger charge is -2.32. The lowest BCUT2D eigenvalue weighted by Crippen LogP contribution is -2.51. The summed E-state index contributed by atoms with van der Waals surface area (Å²) in [4.78, 5) is 7.55. The summed E-state index contributed by atoms with van der Waals surface area (Å²) < 4.78 is 29.0. The van der Waals surface area contributed by atoms with E-state index in [0.29, 0.717) is 10.8 Å². The van der Waals surface area contributed by atoms with Crippen LogP contribution in [-0.4, -0.2) is 42.8 Å². The summed E-state index contributed by atoms with van der Waals surface area (Å²) in [5, 5.41) is 3.66. The number of halogens is 2. The number of H-pyrrole nitrogens is 1. The molecule has 1 aliphatic heterocycles. The maximum atomic E-state index is 12.3. The first kappa shape index (κ1) is 17.3. The molecule has 0 radical (unpaired) electrons. The molecule has 2 heterocycles. The van der Waals surface area contributed by atoms with Gasteiger partial charge in [-0.1, -0.05) is 12.1 Å². The van der Waals surface area contributed by atoms with Crippen molar-refractivity contribution >= 4 is 28.8 Å². The van der Waals surface area contributed by atoms with Crippen LogP contribution in [0.5, 0.6) is 5.75 Å². The van der Waals surface area contributed by atoms with Gasteiger partial charge in [0.2, 0.25) is 0 Å². The molecule has 1 aromatic carbocycles. The van der Waals surface area contributed by atoms with Crippen molar-refractivity contribution in [1.82, 2.24) is 4.90 Å². The molecule has 1 aliphatic rings. The van der Waals surface area contributed by atoms with E-state index in [4.69, 9.17) is 12.2 Å². The van der Waals surface area contributed by atoms with Gasteiger partial charge >= 0.3 is 6.61 Å². The third-order valence-electron chi connectivity index (χ3n) is 3.91. The van der Waals surface area contributed by atoms with E-state index < -0.39 is 6.61 Å². The molecule has 0 atom stereocenters. The van der Waals surface area contributed by atoms with Crippen molar-refractivity contribution in [2.75, 3.05) is 36.4 Å². The van der Waals surface area contributed by atoms with E-state index in [1.165, 1.54) is 12.1 Å². The molecule has 1 fully saturated rings. The lowest BCUT2D eigenvalue weighted by atomic mass is 10.3. The van der Waals surface area contributed by atoms with Crippen molar-refractivity contribution in [2.24, 2.45) is 0 Å². The second-order valence-electron chi connectivity index (χ2n) is 5.56. The van der Waals surface area contributed by atoms with Gasteiger partial charge in [0, 0.05) is 17.8 Å². The molecule has 2 N–H and O–H groups in total. The van der Waals surface area contributed by atoms with Crippen LogP contribution in [0.15, 0.2) is 48.7 Å². The topological polar surface area (TPSA) is 41.9 Å². The summed E-state index contributed by atoms with van der Waals surface area (Å²) in [5.74, 6) is 1.19. The van der Waals surface area contributed by atoms with Crippen LogP contribution in [0, 0.1) is 0 Å². The first-order valence-electron chi connectivity index (χ1n) is 7.94. The van der Waals surface area contributed by atoms with Gasteiger partial charge in [-0.15, -0.1) is 0 Å². The summed E-state index contributed by atoms with van der Waals surface area (Å²) in [7, 11) is 0. The lowest BCUT2D eigenvalue weighted by molar-refractivity contribution is -0.364. The molecule has 8 heteroatoms. The Labute approximate surface area is 150 Å². The third kappa shape index (κ3) is 4.76. The highest BCUT2D eigenvalue weighted by Gasteiger charge is 2.24. The number of nitrogens with zero attached hydrogens (tertiary/aromatic N) is 2. The van der Waals surface area contributed by atoms with Gasteiger partial charge in [0.05, 0.1) is 19.3 Å². The van der Waals surface area contributed by atoms with Gasteiger partial charge in [-0.3, -0.25) is 4.90 Å². The van der Waals surface area contributed by atoms with Gasteiger partial charge in [-0.25, -0.2) is 4.98 Å². The zero-order valence-corrected chi connectivity index (χ0v) is 14.3. The molecule has 3 rings (SSSR count). The van der Waals surface area contributed by atoms with Gasteiger partial charge in [-0.2, -0.15) is 8.78 Å². The number of aromatic amines is 1. The van der Waals surface area contributed by atoms with Gasteiger partial charge in [0.25, 0.3) is 5.82 Å². The zero-order valence-electron chi connectivity index (χ0n) is 13.5. The molecule has 0 spiro atoms. The third-order valence-corrected chi connectivity index (χ3v) is 4.27. The smallest absolute Gasteiger partial charge is 0.387 e. The molecular formula is C17H19F2N4OS+. The van der Waals surface area contributed by atoms with Crippen molar-refractivity contribution in [1.29, 1.82) is 0 Å². The van der Waals surface area contributed by atoms with Gasteiger partial charge in [-0.05, 0) is 30.4 Å². The Hall–Kier alpha value is -2.48. The maximum absolute atomic E-state index is 12.3. The first-order valence-corrected chi connectivity index (χ1v) is 8.35. The summed E-state index contributed by atoms with van der Waals surface area (Å²) in [6.07, 6.45) is 1.91. The maximum Gasteiger partial charge on any atom is 0.387 e. The second kappa shape index (κ2) is 8.06. The van der Waals surface area contributed by atoms with E-state index in [9.17, 15) is 8.78 Å². The van der Waals surface area contributed by atoms with E-state index in [1.54, 1.807) is 12.1 Å². The minimum atomic E-state index is -2.84. The van der Waals surface area contributed by atoms with Crippen LogP contribution in [0.25, 0.3) is 0 Å². The highest BCUT2D eigenvalue weighted by Crippen LogP contribution is 2.20. The molecule has 132 valence electrons. The Kier molecular flexibility index (Phi) is 5.60. The summed E-state index contributed by atoms with van der Waals surface area (Å²) in [5.41, 5.74) is 0.627. The van der Waals surface area contributed by atoms with Crippen LogP contribution in [0.1, 0.15) is 0 Å². The molecule has 2 aromatic rings. The quantitative estimate of drug-likeness (QED) is 0.844. The summed E-state index contributed by atoms with van der Waals surface area (Å²) in [6.45, 7) is 0.405. The average Bonchev–Trinajstić information content (AvgIpc) is 2.62. The van der Waals surface area contributed by atoms with Crippen molar-refractivity contribution in [3.63, 3.8) is 0 Å². The molecule has 0 saturated carbocycles. The Bertz CT molecular complexity index is 709. The molecule has 1 aromatic heterocycles. The van der Waals surface area contributed by atoms with E-state index in [0.717, 1.165) is 32.0 Å². The fraction of sp³-hybridized carbons (Fsp3) is 0.294. The molecule has 5 nitrogen and oxygen atoms in total. The summed E-state index contributed by atoms with van der Waals surface area (Å²) >= 11 is 5.44. The second-order valence-corrected chi connectivity index (χ2v) is 5.95. The number of ether oxygens (including phenoxy) is 1. The van der Waals surface area contributed by atoms with Crippen LogP contribution in [0.3, 0.4) is 0 Å². The van der Waals surface area contributed by atoms with Crippen molar-refractivity contribution in [2.45, 2.75) is 6.61 Å². The van der Waals surface area contributed by atoms with E-state index in [1.807, 2.05) is 24.4 Å². The molecule has 25 heavy (non-hydrogen) atoms. The SMILES string of the molecule is FC(F)Oc1cccc(NC(=S)N2CCN(c3cccc[nH+]3)CC2)c1. The largest absolute Gasteiger partial charge is 0.435 e. The molecule has 0 aliphatic carbocycles. The van der Waals surface area contributed by atoms with Crippen LogP contribution >= 0.6 is 12.2 Å². The molecular weight excluding hydrogens is 346 g/mol. The van der Waals surface area contributed by atoms with Gasteiger partial charge in [0.1, 0.15) is 18.8 Å². The van der Waals surface area contributed by atoms with Crippen LogP contribution in [0.4, 0.5) is 20.3 Å². The van der Waals surface area contributed by atoms with Crippen LogP contribution in [0.2, 0.25) is 0 Å². The molecule has 0 bridgehead atoms. The fourth-order valence-electron chi connectivity index (χ4n) is 2.68. The van der Waals surface area contributed by atoms with Crippen molar-refractivity contribution in [3.05, 3.63) is 48.7 Å². The van der Waals surface area contributed by atoms with Gasteiger partial charge in [0.15, 0.2) is 5.11 Å². The number of benzene rings is 1. The number of thiocarbonyl (C=S) groups is 1. The highest BCUT2D eigenvalue weighted by molar-refractivity contribution is 7.80. The predicted molar refractivity (Wildman–Crippen MR) is 96.1 cm³/mol. The molecule has 1 saturated heterocycles. The minimum absolute atomic E-state index is 0.104. The number of hydrogen-bond acceptors (Lipinski definition) is 3. The molecule has 0 unspecified atom stereocenters. The molecule has 0 amide bonds. The zero-order chi connectivity index (χ0) is 17.6. The number of alkyl halides is 2. The van der Waals surface area contributed by atoms with Crippen LogP contribution < -0.4 is 19.9 Å². The summed E-state index contributed by atoms with van der Waals surface area (Å²) in [6, 6.07) is 12.4. The predicted octanol–water partition coefficient (Wildman–Crippen LogP) is 2.62.